The molecule has 4 heteroatoms. The fraction of sp³-hybridized carbons (Fsp3) is 0.450. The molecule has 0 bridgehead atoms. The van der Waals surface area contributed by atoms with Crippen molar-refractivity contribution in [3.8, 4) is 11.8 Å². The first-order valence-corrected chi connectivity index (χ1v) is 15.5. The minimum absolute atomic E-state index is 0.0790. The fourth-order valence-electron chi connectivity index (χ4n) is 5.78. The lowest BCUT2D eigenvalue weighted by Gasteiger charge is -2.35. The molecular formula is C40H52O4. The number of ketones is 2. The van der Waals surface area contributed by atoms with Gasteiger partial charge in [-0.1, -0.05) is 124 Å². The first-order valence-electron chi connectivity index (χ1n) is 15.5. The third kappa shape index (κ3) is 10.2. The largest absolute Gasteiger partial charge is 0.508 e. The van der Waals surface area contributed by atoms with Gasteiger partial charge in [-0.3, -0.25) is 9.59 Å². The molecule has 0 spiro atoms. The molecule has 236 valence electrons. The Morgan fingerprint density at radius 2 is 1.43 bits per heavy atom. The summed E-state index contributed by atoms with van der Waals surface area (Å²) >= 11 is 0. The maximum absolute atomic E-state index is 13.0. The van der Waals surface area contributed by atoms with Crippen molar-refractivity contribution in [2.45, 2.75) is 101 Å². The molecule has 0 saturated heterocycles. The quantitative estimate of drug-likeness (QED) is 0.120. The lowest BCUT2D eigenvalue weighted by Crippen LogP contribution is -2.36. The summed E-state index contributed by atoms with van der Waals surface area (Å²) in [7, 11) is 0. The minimum atomic E-state index is -0.803. The number of carbonyl (C=O) groups is 2. The van der Waals surface area contributed by atoms with Crippen LogP contribution in [0.15, 0.2) is 106 Å². The molecule has 2 N–H and O–H groups in total. The number of allylic oxidation sites excluding steroid dienone is 16. The van der Waals surface area contributed by atoms with E-state index >= 15 is 0 Å². The zero-order chi connectivity index (χ0) is 33.3. The van der Waals surface area contributed by atoms with E-state index in [1.807, 2.05) is 96.2 Å². The summed E-state index contributed by atoms with van der Waals surface area (Å²) in [6, 6.07) is 0. The van der Waals surface area contributed by atoms with Gasteiger partial charge in [0.25, 0.3) is 0 Å². The Morgan fingerprint density at radius 1 is 0.864 bits per heavy atom. The molecular weight excluding hydrogens is 544 g/mol. The second-order valence-corrected chi connectivity index (χ2v) is 14.0. The number of aliphatic hydroxyl groups excluding tert-OH is 2. The average Bonchev–Trinajstić information content (AvgIpc) is 3.11. The summed E-state index contributed by atoms with van der Waals surface area (Å²) in [4.78, 5) is 25.0. The van der Waals surface area contributed by atoms with Gasteiger partial charge in [-0.2, -0.15) is 0 Å². The Hall–Kier alpha value is -3.68. The van der Waals surface area contributed by atoms with Gasteiger partial charge in [0, 0.05) is 35.3 Å². The Morgan fingerprint density at radius 3 is 1.95 bits per heavy atom. The van der Waals surface area contributed by atoms with E-state index < -0.39 is 10.8 Å². The van der Waals surface area contributed by atoms with Crippen molar-refractivity contribution in [3.63, 3.8) is 0 Å². The molecule has 0 aromatic rings. The van der Waals surface area contributed by atoms with Crippen molar-refractivity contribution in [2.24, 2.45) is 16.2 Å². The minimum Gasteiger partial charge on any atom is -0.508 e. The standard InChI is InChI=1S/C40H52O4/c1-28(17-13-18-30(3)21-22-35-32(5)23-33(41)25-38(35,6)7)15-11-12-16-29(2)19-14-20-31(4)36(43)24-37(44)40(10)27-34(42)26-39(40,8)9/h11-20,24,33,41,43H,23,25-27H2,1-10H3. The fourth-order valence-corrected chi connectivity index (χ4v) is 5.78. The summed E-state index contributed by atoms with van der Waals surface area (Å²) in [6.45, 7) is 19.8. The third-order valence-corrected chi connectivity index (χ3v) is 8.92. The SMILES string of the molecule is CC(C#CC1=C(C)CC(O)CC1(C)C)=CC=CC(C)=CC=CC=C(C)C=CC=C(C)C(O)=CC(=O)C1(C)CC(=O)CC1(C)C. The van der Waals surface area contributed by atoms with Gasteiger partial charge >= 0.3 is 0 Å². The molecule has 2 aliphatic rings. The molecule has 0 heterocycles. The predicted octanol–water partition coefficient (Wildman–Crippen LogP) is 9.35. The Labute approximate surface area is 266 Å². The average molecular weight is 597 g/mol. The highest BCUT2D eigenvalue weighted by Crippen LogP contribution is 2.51. The molecule has 0 aromatic heterocycles. The molecule has 0 aliphatic heterocycles. The van der Waals surface area contributed by atoms with Crippen molar-refractivity contribution in [1.82, 2.24) is 0 Å². The molecule has 2 atom stereocenters. The van der Waals surface area contributed by atoms with E-state index in [1.165, 1.54) is 11.6 Å². The summed E-state index contributed by atoms with van der Waals surface area (Å²) in [5.41, 5.74) is 4.68. The second-order valence-electron chi connectivity index (χ2n) is 14.0. The molecule has 2 unspecified atom stereocenters. The van der Waals surface area contributed by atoms with E-state index in [0.29, 0.717) is 18.4 Å². The number of Topliss-reactive ketones (excluding diaryl/α,β-unsaturated/α-hetero) is 1. The van der Waals surface area contributed by atoms with Gasteiger partial charge < -0.3 is 10.2 Å². The lowest BCUT2D eigenvalue weighted by molar-refractivity contribution is -0.128. The highest BCUT2D eigenvalue weighted by molar-refractivity contribution is 6.01. The highest BCUT2D eigenvalue weighted by Gasteiger charge is 2.53. The molecule has 4 nitrogen and oxygen atoms in total. The van der Waals surface area contributed by atoms with Gasteiger partial charge in [0.2, 0.25) is 0 Å². The van der Waals surface area contributed by atoms with Gasteiger partial charge in [-0.25, -0.2) is 0 Å². The molecule has 44 heavy (non-hydrogen) atoms. The van der Waals surface area contributed by atoms with Crippen LogP contribution in [0, 0.1) is 28.1 Å². The Bertz CT molecular complexity index is 1460. The number of hydrogen-bond donors (Lipinski definition) is 2. The van der Waals surface area contributed by atoms with Gasteiger partial charge in [0.05, 0.1) is 6.10 Å². The smallest absolute Gasteiger partial charge is 0.166 e. The van der Waals surface area contributed by atoms with Crippen LogP contribution in [-0.2, 0) is 9.59 Å². The maximum Gasteiger partial charge on any atom is 0.166 e. The van der Waals surface area contributed by atoms with Crippen LogP contribution < -0.4 is 0 Å². The van der Waals surface area contributed by atoms with E-state index in [4.69, 9.17) is 0 Å². The van der Waals surface area contributed by atoms with Gasteiger partial charge in [-0.05, 0) is 64.0 Å². The highest BCUT2D eigenvalue weighted by atomic mass is 16.3. The van der Waals surface area contributed by atoms with E-state index in [1.54, 1.807) is 13.0 Å². The van der Waals surface area contributed by atoms with Crippen molar-refractivity contribution >= 4 is 11.6 Å². The topological polar surface area (TPSA) is 74.6 Å². The summed E-state index contributed by atoms with van der Waals surface area (Å²) < 4.78 is 0. The normalized spacial score (nSPS) is 25.4. The number of hydrogen-bond acceptors (Lipinski definition) is 4. The lowest BCUT2D eigenvalue weighted by atomic mass is 9.66. The van der Waals surface area contributed by atoms with Crippen LogP contribution in [0.5, 0.6) is 0 Å². The van der Waals surface area contributed by atoms with Crippen molar-refractivity contribution in [1.29, 1.82) is 0 Å². The summed E-state index contributed by atoms with van der Waals surface area (Å²) in [5, 5.41) is 20.6. The number of aliphatic hydroxyl groups is 2. The van der Waals surface area contributed by atoms with Crippen LogP contribution in [0.25, 0.3) is 0 Å². The maximum atomic E-state index is 13.0. The number of carbonyl (C=O) groups excluding carboxylic acids is 2. The van der Waals surface area contributed by atoms with Gasteiger partial charge in [-0.15, -0.1) is 0 Å². The van der Waals surface area contributed by atoms with Gasteiger partial charge in [0.1, 0.15) is 11.5 Å². The van der Waals surface area contributed by atoms with E-state index in [-0.39, 0.29) is 35.3 Å². The molecule has 2 aliphatic carbocycles. The second kappa shape index (κ2) is 15.4. The summed E-state index contributed by atoms with van der Waals surface area (Å²) in [5.74, 6) is 6.43. The zero-order valence-corrected chi connectivity index (χ0v) is 28.5. The molecule has 2 rings (SSSR count). The zero-order valence-electron chi connectivity index (χ0n) is 28.5. The predicted molar refractivity (Wildman–Crippen MR) is 184 cm³/mol. The van der Waals surface area contributed by atoms with Crippen molar-refractivity contribution < 1.29 is 19.8 Å². The van der Waals surface area contributed by atoms with Crippen LogP contribution in [0.3, 0.4) is 0 Å². The first kappa shape index (κ1) is 36.5. The molecule has 0 radical (unpaired) electrons. The van der Waals surface area contributed by atoms with Crippen LogP contribution >= 0.6 is 0 Å². The monoisotopic (exact) mass is 596 g/mol. The van der Waals surface area contributed by atoms with Gasteiger partial charge in [0.15, 0.2) is 5.78 Å². The van der Waals surface area contributed by atoms with Crippen LogP contribution in [0.1, 0.15) is 94.9 Å². The van der Waals surface area contributed by atoms with E-state index in [9.17, 15) is 19.8 Å². The molecule has 1 fully saturated rings. The summed E-state index contributed by atoms with van der Waals surface area (Å²) in [6.07, 6.45) is 22.6. The van der Waals surface area contributed by atoms with Crippen molar-refractivity contribution in [3.05, 3.63) is 106 Å². The van der Waals surface area contributed by atoms with Crippen LogP contribution in [0.4, 0.5) is 0 Å². The van der Waals surface area contributed by atoms with Crippen LogP contribution in [-0.4, -0.2) is 27.9 Å². The Kier molecular flexibility index (Phi) is 12.7. The first-order chi connectivity index (χ1) is 20.4. The van der Waals surface area contributed by atoms with Crippen molar-refractivity contribution in [2.75, 3.05) is 0 Å². The molecule has 0 amide bonds. The van der Waals surface area contributed by atoms with E-state index in [2.05, 4.69) is 32.6 Å². The molecule has 0 aromatic carbocycles. The molecule has 1 saturated carbocycles. The van der Waals surface area contributed by atoms with Crippen LogP contribution in [0.2, 0.25) is 0 Å². The third-order valence-electron chi connectivity index (χ3n) is 8.92. The Balaban J connectivity index is 1.95. The van der Waals surface area contributed by atoms with E-state index in [0.717, 1.165) is 28.7 Å². The number of rotatable bonds is 9.